The van der Waals surface area contributed by atoms with Crippen LogP contribution in [0.5, 0.6) is 11.5 Å². The number of anilines is 3. The molecule has 0 fully saturated rings. The average molecular weight is 490 g/mol. The summed E-state index contributed by atoms with van der Waals surface area (Å²) in [4.78, 5) is 12.1. The topological polar surface area (TPSA) is 38.2 Å². The van der Waals surface area contributed by atoms with Crippen molar-refractivity contribution in [2.24, 2.45) is 0 Å². The van der Waals surface area contributed by atoms with Crippen molar-refractivity contribution in [2.45, 2.75) is 0 Å². The largest absolute Gasteiger partial charge is 0.453 e. The number of hydrogen-bond acceptors (Lipinski definition) is 4. The number of nitrogens with zero attached hydrogens (tertiary/aromatic N) is 3. The van der Waals surface area contributed by atoms with Gasteiger partial charge in [-0.2, -0.15) is 0 Å². The summed E-state index contributed by atoms with van der Waals surface area (Å²) < 4.78 is 6.17. The van der Waals surface area contributed by atoms with Crippen molar-refractivity contribution in [3.63, 3.8) is 0 Å². The zero-order chi connectivity index (χ0) is 25.3. The highest BCUT2D eigenvalue weighted by Gasteiger charge is 2.25. The molecular weight excluding hydrogens is 466 g/mol. The molecule has 0 amide bonds. The van der Waals surface area contributed by atoms with E-state index >= 15 is 0 Å². The third-order valence-corrected chi connectivity index (χ3v) is 6.68. The fourth-order valence-electron chi connectivity index (χ4n) is 4.83. The Hall–Kier alpha value is -5.22. The quantitative estimate of drug-likeness (QED) is 0.247. The molecule has 0 bridgehead atoms. The van der Waals surface area contributed by atoms with Gasteiger partial charge in [0.25, 0.3) is 0 Å². The first-order valence-corrected chi connectivity index (χ1v) is 12.6. The van der Waals surface area contributed by atoms with Crippen LogP contribution in [0.4, 0.5) is 17.1 Å². The van der Waals surface area contributed by atoms with Gasteiger partial charge in [0, 0.05) is 22.4 Å². The summed E-state index contributed by atoms with van der Waals surface area (Å²) in [7, 11) is 0. The molecule has 0 spiro atoms. The van der Waals surface area contributed by atoms with E-state index in [1.54, 1.807) is 0 Å². The van der Waals surface area contributed by atoms with Gasteiger partial charge in [-0.05, 0) is 42.5 Å². The molecule has 0 atom stereocenters. The number of fused-ring (bicyclic) bond motifs is 2. The number of para-hydroxylation sites is 4. The minimum absolute atomic E-state index is 0.710. The van der Waals surface area contributed by atoms with Gasteiger partial charge in [0.05, 0.1) is 22.8 Å². The fourth-order valence-corrected chi connectivity index (χ4v) is 4.83. The summed E-state index contributed by atoms with van der Waals surface area (Å²) in [5, 5.41) is 0. The Morgan fingerprint density at radius 3 is 1.50 bits per heavy atom. The second-order valence-corrected chi connectivity index (χ2v) is 9.11. The lowest BCUT2D eigenvalue weighted by molar-refractivity contribution is 0.477. The molecule has 5 aromatic carbocycles. The first-order valence-electron chi connectivity index (χ1n) is 12.6. The first-order chi connectivity index (χ1) is 18.8. The van der Waals surface area contributed by atoms with Crippen LogP contribution in [0.2, 0.25) is 0 Å². The Morgan fingerprint density at radius 1 is 0.447 bits per heavy atom. The molecule has 0 unspecified atom stereocenters. The van der Waals surface area contributed by atoms with Gasteiger partial charge < -0.3 is 9.64 Å². The second kappa shape index (κ2) is 9.34. The molecule has 0 saturated heterocycles. The van der Waals surface area contributed by atoms with Crippen LogP contribution in [-0.2, 0) is 0 Å². The van der Waals surface area contributed by atoms with Crippen LogP contribution in [0, 0.1) is 0 Å². The van der Waals surface area contributed by atoms with E-state index < -0.39 is 0 Å². The number of ether oxygens (including phenoxy) is 1. The van der Waals surface area contributed by atoms with Gasteiger partial charge in [0.15, 0.2) is 17.3 Å². The van der Waals surface area contributed by atoms with E-state index in [-0.39, 0.29) is 0 Å². The monoisotopic (exact) mass is 489 g/mol. The van der Waals surface area contributed by atoms with Crippen LogP contribution in [0.15, 0.2) is 140 Å². The highest BCUT2D eigenvalue weighted by Crippen LogP contribution is 2.50. The Kier molecular flexibility index (Phi) is 5.41. The number of aromatic nitrogens is 2. The maximum Gasteiger partial charge on any atom is 0.160 e. The average Bonchev–Trinajstić information content (AvgIpc) is 3.00. The van der Waals surface area contributed by atoms with Crippen LogP contribution >= 0.6 is 0 Å². The summed E-state index contributed by atoms with van der Waals surface area (Å²) in [5.41, 5.74) is 7.94. The van der Waals surface area contributed by atoms with Gasteiger partial charge in [-0.25, -0.2) is 9.97 Å². The molecular formula is C34H23N3O. The van der Waals surface area contributed by atoms with Gasteiger partial charge in [-0.3, -0.25) is 0 Å². The van der Waals surface area contributed by atoms with Crippen molar-refractivity contribution in [3.05, 3.63) is 140 Å². The molecule has 1 aromatic heterocycles. The second-order valence-electron chi connectivity index (χ2n) is 9.11. The molecule has 0 N–H and O–H groups in total. The lowest BCUT2D eigenvalue weighted by atomic mass is 10.1. The van der Waals surface area contributed by atoms with Crippen molar-refractivity contribution in [2.75, 3.05) is 4.90 Å². The van der Waals surface area contributed by atoms with E-state index in [2.05, 4.69) is 59.5 Å². The molecule has 7 rings (SSSR count). The SMILES string of the molecule is c1ccc(-c2cc(-c3ccc(N4c5ccccc5Oc5ccccc54)cc3)nc(-c3ccccc3)n2)cc1. The van der Waals surface area contributed by atoms with E-state index in [1.165, 1.54) is 0 Å². The molecule has 4 heteroatoms. The molecule has 2 heterocycles. The van der Waals surface area contributed by atoms with Gasteiger partial charge in [-0.15, -0.1) is 0 Å². The van der Waals surface area contributed by atoms with Crippen LogP contribution in [0.25, 0.3) is 33.9 Å². The minimum Gasteiger partial charge on any atom is -0.453 e. The molecule has 0 aliphatic carbocycles. The molecule has 38 heavy (non-hydrogen) atoms. The standard InChI is InChI=1S/C34H23N3O/c1-3-11-24(12-4-1)28-23-29(36-34(35-28)26-13-5-2-6-14-26)25-19-21-27(22-20-25)37-30-15-7-9-17-32(30)38-33-18-10-8-16-31(33)37/h1-23H. The van der Waals surface area contributed by atoms with Gasteiger partial charge in [0.2, 0.25) is 0 Å². The van der Waals surface area contributed by atoms with Crippen LogP contribution in [-0.4, -0.2) is 9.97 Å². The first kappa shape index (κ1) is 22.0. The van der Waals surface area contributed by atoms with E-state index in [1.807, 2.05) is 84.9 Å². The predicted molar refractivity (Wildman–Crippen MR) is 153 cm³/mol. The van der Waals surface area contributed by atoms with E-state index in [0.29, 0.717) is 5.82 Å². The van der Waals surface area contributed by atoms with E-state index in [9.17, 15) is 0 Å². The smallest absolute Gasteiger partial charge is 0.160 e. The van der Waals surface area contributed by atoms with Crippen molar-refractivity contribution < 1.29 is 4.74 Å². The Labute approximate surface area is 221 Å². The summed E-state index contributed by atoms with van der Waals surface area (Å²) in [6, 6.07) is 47.2. The summed E-state index contributed by atoms with van der Waals surface area (Å²) >= 11 is 0. The number of hydrogen-bond donors (Lipinski definition) is 0. The molecule has 6 aromatic rings. The maximum atomic E-state index is 6.17. The Bertz CT molecular complexity index is 1630. The Morgan fingerprint density at radius 2 is 0.921 bits per heavy atom. The third-order valence-electron chi connectivity index (χ3n) is 6.68. The minimum atomic E-state index is 0.710. The highest BCUT2D eigenvalue weighted by molar-refractivity contribution is 5.86. The lowest BCUT2D eigenvalue weighted by Gasteiger charge is -2.32. The van der Waals surface area contributed by atoms with Crippen LogP contribution < -0.4 is 9.64 Å². The van der Waals surface area contributed by atoms with Crippen molar-refractivity contribution in [1.29, 1.82) is 0 Å². The summed E-state index contributed by atoms with van der Waals surface area (Å²) in [5.74, 6) is 2.39. The maximum absolute atomic E-state index is 6.17. The van der Waals surface area contributed by atoms with E-state index in [0.717, 1.165) is 56.6 Å². The van der Waals surface area contributed by atoms with Crippen molar-refractivity contribution in [1.82, 2.24) is 9.97 Å². The summed E-state index contributed by atoms with van der Waals surface area (Å²) in [6.07, 6.45) is 0. The summed E-state index contributed by atoms with van der Waals surface area (Å²) in [6.45, 7) is 0. The van der Waals surface area contributed by atoms with Crippen LogP contribution in [0.3, 0.4) is 0 Å². The molecule has 1 aliphatic heterocycles. The predicted octanol–water partition coefficient (Wildman–Crippen LogP) is 9.05. The highest BCUT2D eigenvalue weighted by atomic mass is 16.5. The number of benzene rings is 5. The fraction of sp³-hybridized carbons (Fsp3) is 0. The lowest BCUT2D eigenvalue weighted by Crippen LogP contribution is -2.15. The number of rotatable bonds is 4. The molecule has 1 aliphatic rings. The molecule has 180 valence electrons. The van der Waals surface area contributed by atoms with Crippen molar-refractivity contribution in [3.8, 4) is 45.4 Å². The third kappa shape index (κ3) is 3.98. The molecule has 0 saturated carbocycles. The molecule has 0 radical (unpaired) electrons. The van der Waals surface area contributed by atoms with E-state index in [4.69, 9.17) is 14.7 Å². The van der Waals surface area contributed by atoms with Gasteiger partial charge in [0.1, 0.15) is 0 Å². The zero-order valence-corrected chi connectivity index (χ0v) is 20.5. The molecule has 4 nitrogen and oxygen atoms in total. The van der Waals surface area contributed by atoms with Crippen molar-refractivity contribution >= 4 is 17.1 Å². The van der Waals surface area contributed by atoms with Gasteiger partial charge >= 0.3 is 0 Å². The Balaban J connectivity index is 1.32. The van der Waals surface area contributed by atoms with Crippen LogP contribution in [0.1, 0.15) is 0 Å². The van der Waals surface area contributed by atoms with Gasteiger partial charge in [-0.1, -0.05) is 97.1 Å². The normalized spacial score (nSPS) is 11.8. The zero-order valence-electron chi connectivity index (χ0n) is 20.5.